The number of H-pyrrole nitrogens is 1. The molecule has 3 heterocycles. The number of benzene rings is 2. The lowest BCUT2D eigenvalue weighted by molar-refractivity contribution is -0.0581. The van der Waals surface area contributed by atoms with Crippen molar-refractivity contribution in [3.8, 4) is 0 Å². The molecule has 0 unspecified atom stereocenters. The van der Waals surface area contributed by atoms with E-state index in [4.69, 9.17) is 4.84 Å². The van der Waals surface area contributed by atoms with E-state index in [1.807, 2.05) is 12.1 Å². The summed E-state index contributed by atoms with van der Waals surface area (Å²) in [6, 6.07) is 14.9. The third kappa shape index (κ3) is 2.28. The summed E-state index contributed by atoms with van der Waals surface area (Å²) in [7, 11) is 0. The van der Waals surface area contributed by atoms with Crippen molar-refractivity contribution in [2.75, 3.05) is 0 Å². The standard InChI is InChI=1S/C20H10N2O5S/c23-17-13-9-15(28-16(13)12-7-3-4-8-14(12)21-17)20(26)27-22-18(24)10-5-1-2-6-11(10)19(22)25/h1-9H,(H,21,23). The molecule has 0 spiro atoms. The zero-order chi connectivity index (χ0) is 19.4. The maximum Gasteiger partial charge on any atom is 0.373 e. The predicted octanol–water partition coefficient (Wildman–Crippen LogP) is 3.11. The molecule has 0 aliphatic carbocycles. The molecule has 4 aromatic rings. The van der Waals surface area contributed by atoms with Crippen LogP contribution in [0, 0.1) is 0 Å². The number of hydrogen-bond acceptors (Lipinski definition) is 6. The molecule has 1 aliphatic rings. The number of nitrogens with one attached hydrogen (secondary N) is 1. The summed E-state index contributed by atoms with van der Waals surface area (Å²) in [6.45, 7) is 0. The lowest BCUT2D eigenvalue weighted by Crippen LogP contribution is -2.32. The van der Waals surface area contributed by atoms with E-state index in [1.165, 1.54) is 18.2 Å². The third-order valence-corrected chi connectivity index (χ3v) is 5.68. The van der Waals surface area contributed by atoms with Crippen molar-refractivity contribution in [1.82, 2.24) is 10.0 Å². The number of nitrogens with zero attached hydrogens (tertiary/aromatic N) is 1. The van der Waals surface area contributed by atoms with Gasteiger partial charge in [-0.1, -0.05) is 35.4 Å². The van der Waals surface area contributed by atoms with Gasteiger partial charge in [-0.2, -0.15) is 0 Å². The van der Waals surface area contributed by atoms with E-state index in [9.17, 15) is 19.2 Å². The number of rotatable bonds is 2. The highest BCUT2D eigenvalue weighted by molar-refractivity contribution is 7.21. The second kappa shape index (κ2) is 5.86. The molecule has 0 radical (unpaired) electrons. The molecule has 0 saturated heterocycles. The van der Waals surface area contributed by atoms with E-state index < -0.39 is 17.8 Å². The molecule has 2 aromatic carbocycles. The van der Waals surface area contributed by atoms with Crippen LogP contribution in [-0.4, -0.2) is 27.8 Å². The highest BCUT2D eigenvalue weighted by Gasteiger charge is 2.39. The quantitative estimate of drug-likeness (QED) is 0.531. The lowest BCUT2D eigenvalue weighted by atomic mass is 10.1. The Morgan fingerprint density at radius 3 is 2.25 bits per heavy atom. The van der Waals surface area contributed by atoms with Crippen molar-refractivity contribution < 1.29 is 19.2 Å². The number of aromatic amines is 1. The van der Waals surface area contributed by atoms with Gasteiger partial charge >= 0.3 is 5.97 Å². The minimum absolute atomic E-state index is 0.119. The normalized spacial score (nSPS) is 13.4. The van der Waals surface area contributed by atoms with Gasteiger partial charge in [0, 0.05) is 10.9 Å². The molecule has 7 nitrogen and oxygen atoms in total. The van der Waals surface area contributed by atoms with Crippen LogP contribution < -0.4 is 5.56 Å². The fourth-order valence-electron chi connectivity index (χ4n) is 3.22. The lowest BCUT2D eigenvalue weighted by Gasteiger charge is -2.11. The van der Waals surface area contributed by atoms with Crippen LogP contribution in [0.25, 0.3) is 21.0 Å². The molecule has 1 aliphatic heterocycles. The first kappa shape index (κ1) is 16.4. The molecule has 136 valence electrons. The van der Waals surface area contributed by atoms with E-state index >= 15 is 0 Å². The van der Waals surface area contributed by atoms with Gasteiger partial charge in [-0.15, -0.1) is 11.3 Å². The van der Waals surface area contributed by atoms with Crippen LogP contribution in [0.2, 0.25) is 0 Å². The second-order valence-electron chi connectivity index (χ2n) is 6.18. The van der Waals surface area contributed by atoms with Crippen LogP contribution in [0.4, 0.5) is 0 Å². The zero-order valence-electron chi connectivity index (χ0n) is 14.1. The summed E-state index contributed by atoms with van der Waals surface area (Å²) in [5.41, 5.74) is 0.685. The summed E-state index contributed by atoms with van der Waals surface area (Å²) in [4.78, 5) is 57.6. The van der Waals surface area contributed by atoms with Crippen molar-refractivity contribution >= 4 is 50.1 Å². The second-order valence-corrected chi connectivity index (χ2v) is 7.23. The molecular weight excluding hydrogens is 380 g/mol. The van der Waals surface area contributed by atoms with E-state index in [-0.39, 0.29) is 21.6 Å². The minimum Gasteiger partial charge on any atom is -0.323 e. The van der Waals surface area contributed by atoms with Crippen molar-refractivity contribution in [2.45, 2.75) is 0 Å². The van der Waals surface area contributed by atoms with Gasteiger partial charge in [0.1, 0.15) is 4.88 Å². The molecule has 0 saturated carbocycles. The van der Waals surface area contributed by atoms with Gasteiger partial charge in [-0.25, -0.2) is 4.79 Å². The molecule has 0 bridgehead atoms. The van der Waals surface area contributed by atoms with Crippen LogP contribution in [0.15, 0.2) is 59.4 Å². The summed E-state index contributed by atoms with van der Waals surface area (Å²) in [6.07, 6.45) is 0. The number of carbonyl (C=O) groups is 3. The average molecular weight is 390 g/mol. The minimum atomic E-state index is -0.876. The van der Waals surface area contributed by atoms with Crippen molar-refractivity contribution in [3.05, 3.63) is 81.0 Å². The number of aromatic nitrogens is 1. The topological polar surface area (TPSA) is 96.5 Å². The molecule has 1 N–H and O–H groups in total. The first-order chi connectivity index (χ1) is 13.5. The summed E-state index contributed by atoms with van der Waals surface area (Å²) in [5.74, 6) is -2.27. The van der Waals surface area contributed by atoms with Gasteiger partial charge < -0.3 is 9.82 Å². The summed E-state index contributed by atoms with van der Waals surface area (Å²) >= 11 is 1.07. The van der Waals surface area contributed by atoms with E-state index in [0.29, 0.717) is 20.7 Å². The smallest absolute Gasteiger partial charge is 0.323 e. The predicted molar refractivity (Wildman–Crippen MR) is 102 cm³/mol. The van der Waals surface area contributed by atoms with Gasteiger partial charge in [0.15, 0.2) is 0 Å². The Morgan fingerprint density at radius 2 is 1.54 bits per heavy atom. The highest BCUT2D eigenvalue weighted by atomic mass is 32.1. The average Bonchev–Trinajstić information content (AvgIpc) is 3.26. The molecule has 0 atom stereocenters. The largest absolute Gasteiger partial charge is 0.373 e. The summed E-state index contributed by atoms with van der Waals surface area (Å²) < 4.78 is 0.633. The van der Waals surface area contributed by atoms with Gasteiger partial charge in [0.2, 0.25) is 0 Å². The van der Waals surface area contributed by atoms with Crippen LogP contribution in [0.1, 0.15) is 30.4 Å². The number of para-hydroxylation sites is 1. The zero-order valence-corrected chi connectivity index (χ0v) is 14.9. The number of carbonyl (C=O) groups excluding carboxylic acids is 3. The number of imide groups is 1. The first-order valence-corrected chi connectivity index (χ1v) is 9.11. The molecule has 2 amide bonds. The van der Waals surface area contributed by atoms with Crippen LogP contribution in [0.3, 0.4) is 0 Å². The third-order valence-electron chi connectivity index (χ3n) is 4.53. The molecule has 0 fully saturated rings. The number of fused-ring (bicyclic) bond motifs is 4. The van der Waals surface area contributed by atoms with Crippen molar-refractivity contribution in [2.24, 2.45) is 0 Å². The number of thiophene rings is 1. The van der Waals surface area contributed by atoms with Gasteiger partial charge in [0.05, 0.1) is 21.2 Å². The van der Waals surface area contributed by atoms with Gasteiger partial charge in [-0.3, -0.25) is 14.4 Å². The monoisotopic (exact) mass is 390 g/mol. The summed E-state index contributed by atoms with van der Waals surface area (Å²) in [5, 5.41) is 1.60. The Hall–Kier alpha value is -3.78. The van der Waals surface area contributed by atoms with E-state index in [0.717, 1.165) is 16.7 Å². The molecule has 28 heavy (non-hydrogen) atoms. The van der Waals surface area contributed by atoms with E-state index in [2.05, 4.69) is 4.98 Å². The Kier molecular flexibility index (Phi) is 3.43. The van der Waals surface area contributed by atoms with E-state index in [1.54, 1.807) is 24.3 Å². The van der Waals surface area contributed by atoms with Crippen LogP contribution in [-0.2, 0) is 4.84 Å². The molecular formula is C20H10N2O5S. The van der Waals surface area contributed by atoms with Crippen molar-refractivity contribution in [1.29, 1.82) is 0 Å². The fourth-order valence-corrected chi connectivity index (χ4v) is 4.28. The highest BCUT2D eigenvalue weighted by Crippen LogP contribution is 2.31. The Balaban J connectivity index is 1.53. The maximum atomic E-state index is 12.6. The van der Waals surface area contributed by atoms with Gasteiger partial charge in [-0.05, 0) is 24.3 Å². The number of hydrogen-bond donors (Lipinski definition) is 1. The van der Waals surface area contributed by atoms with Gasteiger partial charge in [0.25, 0.3) is 17.4 Å². The SMILES string of the molecule is O=C(ON1C(=O)c2ccccc2C1=O)c1cc2c(=O)[nH]c3ccccc3c2s1. The molecule has 5 rings (SSSR count). The molecule has 8 heteroatoms. The Bertz CT molecular complexity index is 1350. The van der Waals surface area contributed by atoms with Crippen LogP contribution in [0.5, 0.6) is 0 Å². The Morgan fingerprint density at radius 1 is 0.893 bits per heavy atom. The fraction of sp³-hybridized carbons (Fsp3) is 0. The number of pyridine rings is 1. The number of amides is 2. The first-order valence-electron chi connectivity index (χ1n) is 8.29. The molecule has 2 aromatic heterocycles. The Labute approximate surface area is 160 Å². The van der Waals surface area contributed by atoms with Crippen molar-refractivity contribution in [3.63, 3.8) is 0 Å². The number of hydroxylamine groups is 2. The maximum absolute atomic E-state index is 12.6. The van der Waals surface area contributed by atoms with Crippen LogP contribution >= 0.6 is 11.3 Å².